The van der Waals surface area contributed by atoms with Crippen LogP contribution in [0.2, 0.25) is 0 Å². The third kappa shape index (κ3) is 3.82. The van der Waals surface area contributed by atoms with Crippen LogP contribution in [-0.4, -0.2) is 33.7 Å². The Hall–Kier alpha value is -3.67. The molecular weight excluding hydrogens is 364 g/mol. The number of rotatable bonds is 5. The van der Waals surface area contributed by atoms with Gasteiger partial charge in [-0.15, -0.1) is 0 Å². The van der Waals surface area contributed by atoms with Crippen LogP contribution in [-0.2, 0) is 0 Å². The predicted octanol–water partition coefficient (Wildman–Crippen LogP) is 4.21. The van der Waals surface area contributed by atoms with E-state index in [-0.39, 0.29) is 11.9 Å². The normalized spacial score (nSPS) is 11.0. The molecule has 6 heteroatoms. The highest BCUT2D eigenvalue weighted by Gasteiger charge is 2.18. The van der Waals surface area contributed by atoms with Crippen molar-refractivity contribution in [3.05, 3.63) is 72.4 Å². The van der Waals surface area contributed by atoms with Crippen molar-refractivity contribution in [3.63, 3.8) is 0 Å². The summed E-state index contributed by atoms with van der Waals surface area (Å²) >= 11 is 0. The lowest BCUT2D eigenvalue weighted by molar-refractivity contribution is 0.0935. The molecule has 2 aromatic heterocycles. The number of benzene rings is 2. The van der Waals surface area contributed by atoms with Gasteiger partial charge in [0.05, 0.1) is 18.5 Å². The molecule has 146 valence electrons. The van der Waals surface area contributed by atoms with Crippen LogP contribution < -0.4 is 10.1 Å². The molecule has 29 heavy (non-hydrogen) atoms. The molecular formula is C23H22N4O2. The van der Waals surface area contributed by atoms with Crippen LogP contribution in [0.1, 0.15) is 24.3 Å². The second-order valence-electron chi connectivity index (χ2n) is 7.05. The van der Waals surface area contributed by atoms with Gasteiger partial charge in [0, 0.05) is 23.2 Å². The maximum Gasteiger partial charge on any atom is 0.270 e. The zero-order valence-corrected chi connectivity index (χ0v) is 16.6. The number of ether oxygens (including phenoxy) is 1. The first-order valence-corrected chi connectivity index (χ1v) is 9.46. The standard InChI is InChI=1S/C23H22N4O2/c1-15(2)24-23(28)21-13-19(17-10-7-11-18(12-17)29-3)25-22-14-20(26-27(21)22)16-8-5-4-6-9-16/h4-15H,1-3H3,(H,24,28). The van der Waals surface area contributed by atoms with Gasteiger partial charge < -0.3 is 10.1 Å². The minimum atomic E-state index is -0.195. The van der Waals surface area contributed by atoms with Gasteiger partial charge in [0.2, 0.25) is 0 Å². The number of amides is 1. The van der Waals surface area contributed by atoms with Crippen LogP contribution in [0, 0.1) is 0 Å². The second-order valence-corrected chi connectivity index (χ2v) is 7.05. The summed E-state index contributed by atoms with van der Waals surface area (Å²) in [5.74, 6) is 0.537. The fourth-order valence-electron chi connectivity index (χ4n) is 3.15. The summed E-state index contributed by atoms with van der Waals surface area (Å²) < 4.78 is 6.93. The largest absolute Gasteiger partial charge is 0.497 e. The maximum atomic E-state index is 12.9. The molecule has 2 aromatic carbocycles. The summed E-state index contributed by atoms with van der Waals surface area (Å²) in [6.45, 7) is 3.86. The van der Waals surface area contributed by atoms with Crippen molar-refractivity contribution in [1.29, 1.82) is 0 Å². The highest BCUT2D eigenvalue weighted by Crippen LogP contribution is 2.26. The van der Waals surface area contributed by atoms with Crippen molar-refractivity contribution < 1.29 is 9.53 Å². The summed E-state index contributed by atoms with van der Waals surface area (Å²) in [5.41, 5.74) is 4.33. The minimum Gasteiger partial charge on any atom is -0.497 e. The Labute approximate surface area is 169 Å². The van der Waals surface area contributed by atoms with E-state index in [1.165, 1.54) is 0 Å². The van der Waals surface area contributed by atoms with E-state index in [9.17, 15) is 4.79 Å². The van der Waals surface area contributed by atoms with E-state index in [4.69, 9.17) is 9.72 Å². The number of methoxy groups -OCH3 is 1. The molecule has 0 saturated heterocycles. The lowest BCUT2D eigenvalue weighted by Gasteiger charge is -2.11. The van der Waals surface area contributed by atoms with Gasteiger partial charge in [-0.1, -0.05) is 42.5 Å². The van der Waals surface area contributed by atoms with Crippen LogP contribution in [0.5, 0.6) is 5.75 Å². The molecule has 0 radical (unpaired) electrons. The van der Waals surface area contributed by atoms with Crippen molar-refractivity contribution in [2.45, 2.75) is 19.9 Å². The molecule has 0 fully saturated rings. The van der Waals surface area contributed by atoms with E-state index in [0.29, 0.717) is 17.0 Å². The van der Waals surface area contributed by atoms with Crippen LogP contribution in [0.15, 0.2) is 66.7 Å². The van der Waals surface area contributed by atoms with Gasteiger partial charge in [0.25, 0.3) is 5.91 Å². The molecule has 4 rings (SSSR count). The van der Waals surface area contributed by atoms with E-state index in [2.05, 4.69) is 10.4 Å². The Morgan fingerprint density at radius 2 is 1.72 bits per heavy atom. The summed E-state index contributed by atoms with van der Waals surface area (Å²) in [6.07, 6.45) is 0. The Kier molecular flexibility index (Phi) is 4.99. The second kappa shape index (κ2) is 7.75. The van der Waals surface area contributed by atoms with Gasteiger partial charge in [0.15, 0.2) is 5.65 Å². The first-order chi connectivity index (χ1) is 14.0. The van der Waals surface area contributed by atoms with Crippen molar-refractivity contribution in [2.24, 2.45) is 0 Å². The van der Waals surface area contributed by atoms with Gasteiger partial charge in [-0.3, -0.25) is 4.79 Å². The number of hydrogen-bond donors (Lipinski definition) is 1. The van der Waals surface area contributed by atoms with Crippen molar-refractivity contribution in [3.8, 4) is 28.3 Å². The Morgan fingerprint density at radius 3 is 2.45 bits per heavy atom. The van der Waals surface area contributed by atoms with E-state index in [1.54, 1.807) is 17.7 Å². The molecule has 2 heterocycles. The number of hydrogen-bond acceptors (Lipinski definition) is 4. The first-order valence-electron chi connectivity index (χ1n) is 9.46. The number of carbonyl (C=O) groups is 1. The summed E-state index contributed by atoms with van der Waals surface area (Å²) in [7, 11) is 1.63. The van der Waals surface area contributed by atoms with E-state index < -0.39 is 0 Å². The fourth-order valence-corrected chi connectivity index (χ4v) is 3.15. The van der Waals surface area contributed by atoms with Gasteiger partial charge in [-0.25, -0.2) is 9.50 Å². The van der Waals surface area contributed by atoms with Gasteiger partial charge >= 0.3 is 0 Å². The molecule has 0 bridgehead atoms. The average Bonchev–Trinajstić information content (AvgIpc) is 3.17. The van der Waals surface area contributed by atoms with E-state index in [0.717, 1.165) is 22.6 Å². The number of nitrogens with one attached hydrogen (secondary N) is 1. The molecule has 4 aromatic rings. The zero-order valence-electron chi connectivity index (χ0n) is 16.6. The molecule has 0 unspecified atom stereocenters. The number of fused-ring (bicyclic) bond motifs is 1. The average molecular weight is 386 g/mol. The summed E-state index contributed by atoms with van der Waals surface area (Å²) in [6, 6.07) is 21.1. The van der Waals surface area contributed by atoms with Crippen LogP contribution in [0.4, 0.5) is 0 Å². The van der Waals surface area contributed by atoms with Crippen LogP contribution in [0.25, 0.3) is 28.2 Å². The first kappa shape index (κ1) is 18.7. The molecule has 0 spiro atoms. The minimum absolute atomic E-state index is 0.00939. The molecule has 1 amide bonds. The Balaban J connectivity index is 1.90. The molecule has 1 N–H and O–H groups in total. The zero-order chi connectivity index (χ0) is 20.4. The Bertz CT molecular complexity index is 1170. The molecule has 6 nitrogen and oxygen atoms in total. The molecule has 0 saturated carbocycles. The quantitative estimate of drug-likeness (QED) is 0.558. The fraction of sp³-hybridized carbons (Fsp3) is 0.174. The van der Waals surface area contributed by atoms with Crippen LogP contribution in [0.3, 0.4) is 0 Å². The van der Waals surface area contributed by atoms with E-state index in [1.807, 2.05) is 74.5 Å². The maximum absolute atomic E-state index is 12.9. The lowest BCUT2D eigenvalue weighted by Crippen LogP contribution is -2.31. The third-order valence-corrected chi connectivity index (χ3v) is 4.51. The van der Waals surface area contributed by atoms with Gasteiger partial charge in [-0.05, 0) is 32.0 Å². The van der Waals surface area contributed by atoms with Gasteiger partial charge in [0.1, 0.15) is 11.4 Å². The van der Waals surface area contributed by atoms with Crippen molar-refractivity contribution in [2.75, 3.05) is 7.11 Å². The molecule has 0 aliphatic carbocycles. The predicted molar refractivity (Wildman–Crippen MR) is 113 cm³/mol. The van der Waals surface area contributed by atoms with Crippen molar-refractivity contribution in [1.82, 2.24) is 19.9 Å². The monoisotopic (exact) mass is 386 g/mol. The number of carbonyl (C=O) groups excluding carboxylic acids is 1. The molecule has 0 atom stereocenters. The molecule has 0 aliphatic rings. The summed E-state index contributed by atoms with van der Waals surface area (Å²) in [4.78, 5) is 17.7. The number of aromatic nitrogens is 3. The third-order valence-electron chi connectivity index (χ3n) is 4.51. The molecule has 0 aliphatic heterocycles. The SMILES string of the molecule is COc1cccc(-c2cc(C(=O)NC(C)C)n3nc(-c4ccccc4)cc3n2)c1. The Morgan fingerprint density at radius 1 is 0.966 bits per heavy atom. The smallest absolute Gasteiger partial charge is 0.270 e. The number of nitrogens with zero attached hydrogens (tertiary/aromatic N) is 3. The lowest BCUT2D eigenvalue weighted by atomic mass is 10.1. The summed E-state index contributed by atoms with van der Waals surface area (Å²) in [5, 5.41) is 7.60. The van der Waals surface area contributed by atoms with Crippen molar-refractivity contribution >= 4 is 11.6 Å². The highest BCUT2D eigenvalue weighted by molar-refractivity contribution is 5.94. The van der Waals surface area contributed by atoms with Crippen LogP contribution >= 0.6 is 0 Å². The van der Waals surface area contributed by atoms with E-state index >= 15 is 0 Å². The topological polar surface area (TPSA) is 68.5 Å². The highest BCUT2D eigenvalue weighted by atomic mass is 16.5. The van der Waals surface area contributed by atoms with Gasteiger partial charge in [-0.2, -0.15) is 5.10 Å².